The Hall–Kier alpha value is -2.67. The Balaban J connectivity index is 1.93. The van der Waals surface area contributed by atoms with Crippen LogP contribution in [0.5, 0.6) is 5.75 Å². The number of hydrogen-bond donors (Lipinski definition) is 1. The van der Waals surface area contributed by atoms with Crippen molar-refractivity contribution in [3.8, 4) is 28.0 Å². The van der Waals surface area contributed by atoms with Crippen LogP contribution in [0, 0.1) is 0 Å². The molecule has 0 atom stereocenters. The van der Waals surface area contributed by atoms with Gasteiger partial charge >= 0.3 is 5.97 Å². The van der Waals surface area contributed by atoms with Gasteiger partial charge in [0, 0.05) is 5.56 Å². The van der Waals surface area contributed by atoms with Crippen LogP contribution >= 0.6 is 11.3 Å². The molecular formula is C14H10N2O4S. The molecule has 0 spiro atoms. The summed E-state index contributed by atoms with van der Waals surface area (Å²) in [7, 11) is 1.58. The fourth-order valence-electron chi connectivity index (χ4n) is 1.80. The molecule has 0 amide bonds. The summed E-state index contributed by atoms with van der Waals surface area (Å²) in [5.41, 5.74) is 0.868. The number of carbonyl (C=O) groups is 1. The third-order valence-corrected chi connectivity index (χ3v) is 3.73. The van der Waals surface area contributed by atoms with Gasteiger partial charge in [-0.1, -0.05) is 0 Å². The van der Waals surface area contributed by atoms with Crippen LogP contribution in [0.25, 0.3) is 22.2 Å². The van der Waals surface area contributed by atoms with E-state index < -0.39 is 5.97 Å². The number of benzene rings is 1. The lowest BCUT2D eigenvalue weighted by Crippen LogP contribution is -1.94. The summed E-state index contributed by atoms with van der Waals surface area (Å²) < 4.78 is 10.8. The number of aromatic nitrogens is 2. The van der Waals surface area contributed by atoms with Crippen LogP contribution in [0.15, 0.2) is 40.1 Å². The van der Waals surface area contributed by atoms with Crippen LogP contribution in [0.3, 0.4) is 0 Å². The molecule has 2 heterocycles. The molecule has 0 saturated carbocycles. The Labute approximate surface area is 123 Å². The van der Waals surface area contributed by atoms with E-state index in [0.29, 0.717) is 23.1 Å². The first-order valence-corrected chi connectivity index (χ1v) is 6.86. The van der Waals surface area contributed by atoms with Crippen molar-refractivity contribution in [2.45, 2.75) is 0 Å². The first-order chi connectivity index (χ1) is 10.2. The number of rotatable bonds is 4. The fraction of sp³-hybridized carbons (Fsp3) is 0.0714. The lowest BCUT2D eigenvalue weighted by molar-refractivity contribution is 0.0697. The van der Waals surface area contributed by atoms with E-state index in [1.165, 1.54) is 23.5 Å². The average molecular weight is 302 g/mol. The Morgan fingerprint density at radius 3 is 2.57 bits per heavy atom. The summed E-state index contributed by atoms with van der Waals surface area (Å²) in [6.45, 7) is 0. The molecule has 0 fully saturated rings. The monoisotopic (exact) mass is 302 g/mol. The van der Waals surface area contributed by atoms with Gasteiger partial charge in [-0.05, 0) is 35.7 Å². The van der Waals surface area contributed by atoms with Crippen molar-refractivity contribution < 1.29 is 19.1 Å². The highest BCUT2D eigenvalue weighted by Crippen LogP contribution is 2.35. The van der Waals surface area contributed by atoms with Crippen LogP contribution in [0.2, 0.25) is 0 Å². The summed E-state index contributed by atoms with van der Waals surface area (Å²) >= 11 is 1.44. The Morgan fingerprint density at radius 2 is 1.90 bits per heavy atom. The highest BCUT2D eigenvalue weighted by molar-refractivity contribution is 7.13. The first-order valence-electron chi connectivity index (χ1n) is 5.98. The van der Waals surface area contributed by atoms with Gasteiger partial charge in [-0.3, -0.25) is 0 Å². The number of methoxy groups -OCH3 is 1. The summed E-state index contributed by atoms with van der Waals surface area (Å²) in [5, 5.41) is 18.7. The maximum atomic E-state index is 10.8. The number of carboxylic acids is 1. The topological polar surface area (TPSA) is 85.5 Å². The van der Waals surface area contributed by atoms with Gasteiger partial charge in [0.05, 0.1) is 12.7 Å². The average Bonchev–Trinajstić information content (AvgIpc) is 3.15. The number of thiophene rings is 1. The molecule has 1 N–H and O–H groups in total. The van der Waals surface area contributed by atoms with Gasteiger partial charge < -0.3 is 14.3 Å². The van der Waals surface area contributed by atoms with Crippen molar-refractivity contribution in [1.29, 1.82) is 0 Å². The van der Waals surface area contributed by atoms with Crippen molar-refractivity contribution in [1.82, 2.24) is 10.2 Å². The van der Waals surface area contributed by atoms with Crippen LogP contribution in [-0.4, -0.2) is 28.4 Å². The molecule has 3 rings (SSSR count). The van der Waals surface area contributed by atoms with E-state index in [1.807, 2.05) is 11.4 Å². The molecular weight excluding hydrogens is 292 g/mol. The zero-order valence-electron chi connectivity index (χ0n) is 10.9. The molecule has 0 bridgehead atoms. The molecule has 2 aromatic heterocycles. The second-order valence-electron chi connectivity index (χ2n) is 4.11. The van der Waals surface area contributed by atoms with E-state index in [1.54, 1.807) is 19.2 Å². The SMILES string of the molecule is COc1ccsc1-c1nnc(-c2ccc(C(=O)O)cc2)o1. The Morgan fingerprint density at radius 1 is 1.19 bits per heavy atom. The highest BCUT2D eigenvalue weighted by atomic mass is 32.1. The van der Waals surface area contributed by atoms with Gasteiger partial charge in [-0.15, -0.1) is 21.5 Å². The molecule has 7 heteroatoms. The van der Waals surface area contributed by atoms with Crippen molar-refractivity contribution in [3.63, 3.8) is 0 Å². The largest absolute Gasteiger partial charge is 0.495 e. The maximum Gasteiger partial charge on any atom is 0.335 e. The number of hydrogen-bond acceptors (Lipinski definition) is 6. The number of aromatic carboxylic acids is 1. The molecule has 1 aromatic carbocycles. The number of ether oxygens (including phenoxy) is 1. The van der Waals surface area contributed by atoms with Gasteiger partial charge in [0.2, 0.25) is 5.89 Å². The minimum absolute atomic E-state index is 0.207. The predicted octanol–water partition coefficient (Wildman–Crippen LogP) is 3.17. The Kier molecular flexibility index (Phi) is 3.41. The van der Waals surface area contributed by atoms with E-state index in [9.17, 15) is 4.79 Å². The molecule has 106 valence electrons. The van der Waals surface area contributed by atoms with Crippen molar-refractivity contribution >= 4 is 17.3 Å². The second-order valence-corrected chi connectivity index (χ2v) is 5.03. The zero-order chi connectivity index (χ0) is 14.8. The molecule has 6 nitrogen and oxygen atoms in total. The summed E-state index contributed by atoms with van der Waals surface area (Å²) in [6, 6.07) is 8.07. The van der Waals surface area contributed by atoms with Crippen LogP contribution in [-0.2, 0) is 0 Å². The van der Waals surface area contributed by atoms with Crippen molar-refractivity contribution in [2.75, 3.05) is 7.11 Å². The molecule has 21 heavy (non-hydrogen) atoms. The van der Waals surface area contributed by atoms with E-state index >= 15 is 0 Å². The summed E-state index contributed by atoms with van der Waals surface area (Å²) in [5.74, 6) is 0.407. The van der Waals surface area contributed by atoms with Crippen LogP contribution < -0.4 is 4.74 Å². The molecule has 0 radical (unpaired) electrons. The summed E-state index contributed by atoms with van der Waals surface area (Å²) in [6.07, 6.45) is 0. The van der Waals surface area contributed by atoms with E-state index in [-0.39, 0.29) is 5.56 Å². The van der Waals surface area contributed by atoms with E-state index in [2.05, 4.69) is 10.2 Å². The number of carboxylic acid groups (broad SMARTS) is 1. The Bertz CT molecular complexity index is 776. The predicted molar refractivity (Wildman–Crippen MR) is 76.6 cm³/mol. The van der Waals surface area contributed by atoms with Crippen LogP contribution in [0.4, 0.5) is 0 Å². The summed E-state index contributed by atoms with van der Waals surface area (Å²) in [4.78, 5) is 11.6. The third-order valence-electron chi connectivity index (χ3n) is 2.85. The molecule has 3 aromatic rings. The highest BCUT2D eigenvalue weighted by Gasteiger charge is 2.16. The minimum atomic E-state index is -0.976. The lowest BCUT2D eigenvalue weighted by atomic mass is 10.1. The normalized spacial score (nSPS) is 10.5. The molecule has 0 unspecified atom stereocenters. The molecule has 0 aliphatic rings. The smallest absolute Gasteiger partial charge is 0.335 e. The second kappa shape index (κ2) is 5.37. The van der Waals surface area contributed by atoms with Crippen molar-refractivity contribution in [3.05, 3.63) is 41.3 Å². The van der Waals surface area contributed by atoms with Gasteiger partial charge in [0.1, 0.15) is 10.6 Å². The zero-order valence-corrected chi connectivity index (χ0v) is 11.8. The molecule has 0 saturated heterocycles. The number of nitrogens with zero attached hydrogens (tertiary/aromatic N) is 2. The van der Waals surface area contributed by atoms with Gasteiger partial charge in [-0.25, -0.2) is 4.79 Å². The minimum Gasteiger partial charge on any atom is -0.495 e. The van der Waals surface area contributed by atoms with Gasteiger partial charge in [0.15, 0.2) is 0 Å². The standard InChI is InChI=1S/C14H10N2O4S/c1-19-10-6-7-21-11(10)13-16-15-12(20-13)8-2-4-9(5-3-8)14(17)18/h2-7H,1H3,(H,17,18). The van der Waals surface area contributed by atoms with E-state index in [4.69, 9.17) is 14.3 Å². The molecule has 0 aliphatic heterocycles. The first kappa shape index (κ1) is 13.3. The third kappa shape index (κ3) is 2.50. The lowest BCUT2D eigenvalue weighted by Gasteiger charge is -1.97. The van der Waals surface area contributed by atoms with Gasteiger partial charge in [0.25, 0.3) is 5.89 Å². The van der Waals surface area contributed by atoms with E-state index in [0.717, 1.165) is 4.88 Å². The van der Waals surface area contributed by atoms with Crippen LogP contribution in [0.1, 0.15) is 10.4 Å². The van der Waals surface area contributed by atoms with Crippen molar-refractivity contribution in [2.24, 2.45) is 0 Å². The molecule has 0 aliphatic carbocycles. The van der Waals surface area contributed by atoms with Gasteiger partial charge in [-0.2, -0.15) is 0 Å². The fourth-order valence-corrected chi connectivity index (χ4v) is 2.58. The quantitative estimate of drug-likeness (QED) is 0.796. The maximum absolute atomic E-state index is 10.8.